The number of rotatable bonds is 3. The van der Waals surface area contributed by atoms with Crippen molar-refractivity contribution in [2.45, 2.75) is 13.5 Å². The highest BCUT2D eigenvalue weighted by Gasteiger charge is 2.07. The molecule has 0 aromatic carbocycles. The van der Waals surface area contributed by atoms with Crippen molar-refractivity contribution >= 4 is 0 Å². The zero-order valence-corrected chi connectivity index (χ0v) is 8.27. The molecule has 0 radical (unpaired) electrons. The van der Waals surface area contributed by atoms with Gasteiger partial charge in [-0.1, -0.05) is 0 Å². The minimum atomic E-state index is 0.284. The average molecular weight is 205 g/mol. The molecule has 2 aromatic heterocycles. The Bertz CT molecular complexity index is 453. The number of hydrogen-bond acceptors (Lipinski definition) is 5. The molecule has 0 bridgehead atoms. The summed E-state index contributed by atoms with van der Waals surface area (Å²) in [6.07, 6.45) is 3.12. The number of aromatic nitrogens is 4. The van der Waals surface area contributed by atoms with Gasteiger partial charge in [0.1, 0.15) is 5.69 Å². The van der Waals surface area contributed by atoms with Gasteiger partial charge in [-0.2, -0.15) is 0 Å². The van der Waals surface area contributed by atoms with E-state index in [4.69, 9.17) is 10.5 Å². The van der Waals surface area contributed by atoms with Crippen molar-refractivity contribution in [3.8, 4) is 11.8 Å². The van der Waals surface area contributed by atoms with Crippen LogP contribution in [0.15, 0.2) is 18.5 Å². The zero-order chi connectivity index (χ0) is 10.7. The molecule has 2 heterocycles. The van der Waals surface area contributed by atoms with Gasteiger partial charge >= 0.3 is 0 Å². The molecule has 6 nitrogen and oxygen atoms in total. The molecule has 2 rings (SSSR count). The third-order valence-corrected chi connectivity index (χ3v) is 1.81. The molecule has 0 atom stereocenters. The van der Waals surface area contributed by atoms with E-state index in [1.54, 1.807) is 18.5 Å². The lowest BCUT2D eigenvalue weighted by Crippen LogP contribution is -2.03. The Labute approximate surface area is 86.5 Å². The van der Waals surface area contributed by atoms with E-state index in [1.165, 1.54) is 0 Å². The largest absolute Gasteiger partial charge is 0.417 e. The zero-order valence-electron chi connectivity index (χ0n) is 8.27. The van der Waals surface area contributed by atoms with Crippen LogP contribution in [0.2, 0.25) is 0 Å². The quantitative estimate of drug-likeness (QED) is 0.772. The van der Waals surface area contributed by atoms with Crippen molar-refractivity contribution in [1.82, 2.24) is 20.2 Å². The van der Waals surface area contributed by atoms with E-state index in [9.17, 15) is 0 Å². The van der Waals surface area contributed by atoms with Crippen molar-refractivity contribution in [2.24, 2.45) is 5.73 Å². The van der Waals surface area contributed by atoms with Gasteiger partial charge in [0.05, 0.1) is 0 Å². The minimum Gasteiger partial charge on any atom is -0.417 e. The van der Waals surface area contributed by atoms with Crippen LogP contribution in [0.4, 0.5) is 0 Å². The summed E-state index contributed by atoms with van der Waals surface area (Å²) in [6.45, 7) is 2.17. The topological polar surface area (TPSA) is 89.7 Å². The molecule has 0 saturated heterocycles. The summed E-state index contributed by atoms with van der Waals surface area (Å²) in [5, 5.41) is 6.70. The van der Waals surface area contributed by atoms with Crippen LogP contribution < -0.4 is 10.5 Å². The van der Waals surface area contributed by atoms with Gasteiger partial charge in [-0.25, -0.2) is 4.98 Å². The first-order valence-electron chi connectivity index (χ1n) is 4.49. The van der Waals surface area contributed by atoms with Crippen molar-refractivity contribution in [3.63, 3.8) is 0 Å². The standard InChI is InChI=1S/C9H11N5O/c1-6-4-8(14-13-6)15-9-7(5-10)11-2-3-12-9/h2-4H,5,10H2,1H3,(H,13,14). The Morgan fingerprint density at radius 2 is 2.20 bits per heavy atom. The Kier molecular flexibility index (Phi) is 2.59. The van der Waals surface area contributed by atoms with Crippen LogP contribution in [-0.4, -0.2) is 20.2 Å². The number of hydrogen-bond donors (Lipinski definition) is 2. The molecule has 15 heavy (non-hydrogen) atoms. The molecule has 78 valence electrons. The molecule has 0 saturated carbocycles. The molecule has 2 aromatic rings. The van der Waals surface area contributed by atoms with Gasteiger partial charge in [0.2, 0.25) is 11.8 Å². The lowest BCUT2D eigenvalue weighted by Gasteiger charge is -2.03. The highest BCUT2D eigenvalue weighted by molar-refractivity contribution is 5.24. The van der Waals surface area contributed by atoms with Gasteiger partial charge in [0.25, 0.3) is 0 Å². The molecule has 0 amide bonds. The van der Waals surface area contributed by atoms with Crippen molar-refractivity contribution in [1.29, 1.82) is 0 Å². The lowest BCUT2D eigenvalue weighted by atomic mass is 10.4. The van der Waals surface area contributed by atoms with Gasteiger partial charge in [-0.05, 0) is 6.92 Å². The van der Waals surface area contributed by atoms with E-state index in [0.29, 0.717) is 17.5 Å². The van der Waals surface area contributed by atoms with Crippen molar-refractivity contribution in [3.05, 3.63) is 29.8 Å². The van der Waals surface area contributed by atoms with E-state index < -0.39 is 0 Å². The number of H-pyrrole nitrogens is 1. The second-order valence-corrected chi connectivity index (χ2v) is 3.00. The third kappa shape index (κ3) is 2.10. The molecule has 6 heteroatoms. The van der Waals surface area contributed by atoms with Crippen LogP contribution in [0.3, 0.4) is 0 Å². The Hall–Kier alpha value is -1.95. The first kappa shape index (κ1) is 9.60. The van der Waals surface area contributed by atoms with Gasteiger partial charge in [-0.15, -0.1) is 5.10 Å². The van der Waals surface area contributed by atoms with E-state index in [1.807, 2.05) is 6.92 Å². The van der Waals surface area contributed by atoms with Crippen LogP contribution in [0.1, 0.15) is 11.4 Å². The summed E-state index contributed by atoms with van der Waals surface area (Å²) in [4.78, 5) is 8.09. The fraction of sp³-hybridized carbons (Fsp3) is 0.222. The molecular weight excluding hydrogens is 194 g/mol. The molecule has 0 fully saturated rings. The maximum Gasteiger partial charge on any atom is 0.244 e. The number of nitrogens with one attached hydrogen (secondary N) is 1. The Balaban J connectivity index is 2.23. The highest BCUT2D eigenvalue weighted by atomic mass is 16.5. The maximum absolute atomic E-state index is 5.50. The van der Waals surface area contributed by atoms with Gasteiger partial charge in [0.15, 0.2) is 0 Å². The summed E-state index contributed by atoms with van der Waals surface area (Å²) < 4.78 is 5.43. The summed E-state index contributed by atoms with van der Waals surface area (Å²) in [6, 6.07) is 1.77. The van der Waals surface area contributed by atoms with Gasteiger partial charge in [0, 0.05) is 30.7 Å². The molecule has 0 unspecified atom stereocenters. The van der Waals surface area contributed by atoms with E-state index in [2.05, 4.69) is 20.2 Å². The van der Waals surface area contributed by atoms with Gasteiger partial charge < -0.3 is 10.5 Å². The van der Waals surface area contributed by atoms with Crippen LogP contribution in [-0.2, 0) is 6.54 Å². The Morgan fingerprint density at radius 1 is 1.40 bits per heavy atom. The smallest absolute Gasteiger partial charge is 0.244 e. The van der Waals surface area contributed by atoms with E-state index in [0.717, 1.165) is 5.69 Å². The van der Waals surface area contributed by atoms with Crippen LogP contribution >= 0.6 is 0 Å². The van der Waals surface area contributed by atoms with E-state index in [-0.39, 0.29) is 6.54 Å². The second kappa shape index (κ2) is 4.05. The van der Waals surface area contributed by atoms with Gasteiger partial charge in [-0.3, -0.25) is 10.1 Å². The average Bonchev–Trinajstić information content (AvgIpc) is 2.65. The molecular formula is C9H11N5O. The summed E-state index contributed by atoms with van der Waals surface area (Å²) in [5.74, 6) is 0.856. The maximum atomic E-state index is 5.50. The summed E-state index contributed by atoms with van der Waals surface area (Å²) in [5.41, 5.74) is 7.03. The molecule has 0 aliphatic heterocycles. The van der Waals surface area contributed by atoms with Crippen LogP contribution in [0, 0.1) is 6.92 Å². The Morgan fingerprint density at radius 3 is 2.87 bits per heavy atom. The molecule has 0 aliphatic carbocycles. The van der Waals surface area contributed by atoms with Crippen LogP contribution in [0.5, 0.6) is 11.8 Å². The summed E-state index contributed by atoms with van der Waals surface area (Å²) >= 11 is 0. The molecule has 0 spiro atoms. The second-order valence-electron chi connectivity index (χ2n) is 3.00. The predicted octanol–water partition coefficient (Wildman–Crippen LogP) is 0.759. The third-order valence-electron chi connectivity index (χ3n) is 1.81. The number of ether oxygens (including phenoxy) is 1. The van der Waals surface area contributed by atoms with E-state index >= 15 is 0 Å². The number of aromatic amines is 1. The predicted molar refractivity (Wildman–Crippen MR) is 53.3 cm³/mol. The number of nitrogens with two attached hydrogens (primary N) is 1. The highest BCUT2D eigenvalue weighted by Crippen LogP contribution is 2.19. The SMILES string of the molecule is Cc1cc(Oc2nccnc2CN)n[nH]1. The first-order chi connectivity index (χ1) is 7.29. The normalized spacial score (nSPS) is 10.3. The summed E-state index contributed by atoms with van der Waals surface area (Å²) in [7, 11) is 0. The lowest BCUT2D eigenvalue weighted by molar-refractivity contribution is 0.434. The first-order valence-corrected chi connectivity index (χ1v) is 4.49. The monoisotopic (exact) mass is 205 g/mol. The number of aryl methyl sites for hydroxylation is 1. The molecule has 0 aliphatic rings. The fourth-order valence-corrected chi connectivity index (χ4v) is 1.12. The van der Waals surface area contributed by atoms with Crippen molar-refractivity contribution < 1.29 is 4.74 Å². The number of nitrogens with zero attached hydrogens (tertiary/aromatic N) is 3. The minimum absolute atomic E-state index is 0.284. The van der Waals surface area contributed by atoms with Crippen LogP contribution in [0.25, 0.3) is 0 Å². The fourth-order valence-electron chi connectivity index (χ4n) is 1.12. The van der Waals surface area contributed by atoms with Crippen molar-refractivity contribution in [2.75, 3.05) is 0 Å². The molecule has 3 N–H and O–H groups in total.